The molecule has 2 rings (SSSR count). The molecule has 22 heavy (non-hydrogen) atoms. The SMILES string of the molecule is C[C@]1(C(=O)OCC(=O)Nc2ccc([N+](=O)[O-])cc2)CC1(Cl)Cl. The van der Waals surface area contributed by atoms with Crippen molar-refractivity contribution in [1.82, 2.24) is 0 Å². The van der Waals surface area contributed by atoms with E-state index in [2.05, 4.69) is 5.32 Å². The molecule has 0 bridgehead atoms. The Morgan fingerprint density at radius 2 is 1.91 bits per heavy atom. The highest BCUT2D eigenvalue weighted by atomic mass is 35.5. The van der Waals surface area contributed by atoms with Crippen LogP contribution in [0.4, 0.5) is 11.4 Å². The molecule has 1 aromatic rings. The van der Waals surface area contributed by atoms with Gasteiger partial charge in [0.25, 0.3) is 11.6 Å². The first-order valence-corrected chi connectivity index (χ1v) is 7.01. The molecule has 7 nitrogen and oxygen atoms in total. The number of non-ortho nitro benzene ring substituents is 1. The first-order valence-electron chi connectivity index (χ1n) is 6.25. The van der Waals surface area contributed by atoms with Crippen LogP contribution in [0.2, 0.25) is 0 Å². The van der Waals surface area contributed by atoms with Gasteiger partial charge in [-0.25, -0.2) is 0 Å². The smallest absolute Gasteiger partial charge is 0.315 e. The number of alkyl halides is 2. The third-order valence-electron chi connectivity index (χ3n) is 3.40. The Hall–Kier alpha value is -1.86. The minimum absolute atomic E-state index is 0.0911. The molecule has 0 radical (unpaired) electrons. The number of benzene rings is 1. The predicted molar refractivity (Wildman–Crippen MR) is 79.8 cm³/mol. The number of nitrogens with one attached hydrogen (secondary N) is 1. The van der Waals surface area contributed by atoms with Gasteiger partial charge in [0.15, 0.2) is 6.61 Å². The zero-order valence-corrected chi connectivity index (χ0v) is 13.0. The van der Waals surface area contributed by atoms with E-state index in [0.717, 1.165) is 0 Å². The number of anilines is 1. The Morgan fingerprint density at radius 3 is 2.36 bits per heavy atom. The van der Waals surface area contributed by atoms with Crippen molar-refractivity contribution in [2.24, 2.45) is 5.41 Å². The van der Waals surface area contributed by atoms with Crippen molar-refractivity contribution in [2.75, 3.05) is 11.9 Å². The molecule has 9 heteroatoms. The van der Waals surface area contributed by atoms with Gasteiger partial charge in [-0.15, -0.1) is 23.2 Å². The van der Waals surface area contributed by atoms with E-state index in [1.807, 2.05) is 0 Å². The van der Waals surface area contributed by atoms with Crippen molar-refractivity contribution < 1.29 is 19.2 Å². The lowest BCUT2D eigenvalue weighted by Gasteiger charge is -2.11. The largest absolute Gasteiger partial charge is 0.455 e. The molecule has 0 unspecified atom stereocenters. The molecule has 1 atom stereocenters. The maximum atomic E-state index is 11.8. The average molecular weight is 347 g/mol. The van der Waals surface area contributed by atoms with Crippen molar-refractivity contribution in [3.63, 3.8) is 0 Å². The maximum Gasteiger partial charge on any atom is 0.315 e. The molecule has 0 aliphatic heterocycles. The molecule has 1 aliphatic carbocycles. The van der Waals surface area contributed by atoms with E-state index in [-0.39, 0.29) is 12.1 Å². The Morgan fingerprint density at radius 1 is 1.36 bits per heavy atom. The molecule has 118 valence electrons. The second-order valence-electron chi connectivity index (χ2n) is 5.14. The summed E-state index contributed by atoms with van der Waals surface area (Å²) in [4.78, 5) is 33.4. The van der Waals surface area contributed by atoms with Gasteiger partial charge >= 0.3 is 5.97 Å². The fourth-order valence-electron chi connectivity index (χ4n) is 1.78. The number of hydrogen-bond acceptors (Lipinski definition) is 5. The summed E-state index contributed by atoms with van der Waals surface area (Å²) < 4.78 is 3.72. The van der Waals surface area contributed by atoms with Gasteiger partial charge < -0.3 is 10.1 Å². The van der Waals surface area contributed by atoms with Crippen LogP contribution in [-0.2, 0) is 14.3 Å². The topological polar surface area (TPSA) is 98.5 Å². The van der Waals surface area contributed by atoms with Gasteiger partial charge in [-0.1, -0.05) is 0 Å². The first-order chi connectivity index (χ1) is 10.2. The van der Waals surface area contributed by atoms with E-state index in [1.54, 1.807) is 6.92 Å². The Kier molecular flexibility index (Phi) is 4.30. The van der Waals surface area contributed by atoms with E-state index < -0.39 is 33.2 Å². The van der Waals surface area contributed by atoms with Gasteiger partial charge in [0, 0.05) is 24.2 Å². The number of nitrogens with zero attached hydrogens (tertiary/aromatic N) is 1. The summed E-state index contributed by atoms with van der Waals surface area (Å²) in [5.74, 6) is -1.21. The van der Waals surface area contributed by atoms with Gasteiger partial charge in [-0.3, -0.25) is 19.7 Å². The van der Waals surface area contributed by atoms with Crippen LogP contribution in [0.5, 0.6) is 0 Å². The Labute approximate surface area is 135 Å². The average Bonchev–Trinajstić information content (AvgIpc) is 2.97. The summed E-state index contributed by atoms with van der Waals surface area (Å²) in [6.45, 7) is 1.07. The number of rotatable bonds is 5. The summed E-state index contributed by atoms with van der Waals surface area (Å²) in [6.07, 6.45) is 0.270. The third-order valence-corrected chi connectivity index (χ3v) is 4.51. The van der Waals surface area contributed by atoms with E-state index in [0.29, 0.717) is 5.69 Å². The molecule has 1 saturated carbocycles. The van der Waals surface area contributed by atoms with Gasteiger partial charge in [-0.05, 0) is 19.1 Å². The van der Waals surface area contributed by atoms with E-state index in [4.69, 9.17) is 27.9 Å². The summed E-state index contributed by atoms with van der Waals surface area (Å²) in [5, 5.41) is 13.0. The van der Waals surface area contributed by atoms with Crippen molar-refractivity contribution in [1.29, 1.82) is 0 Å². The van der Waals surface area contributed by atoms with Crippen LogP contribution in [0, 0.1) is 15.5 Å². The fraction of sp³-hybridized carbons (Fsp3) is 0.385. The first kappa shape index (κ1) is 16.5. The normalized spacial score (nSPS) is 21.8. The van der Waals surface area contributed by atoms with Gasteiger partial charge in [0.2, 0.25) is 0 Å². The number of nitro groups is 1. The molecule has 1 aromatic carbocycles. The van der Waals surface area contributed by atoms with Crippen molar-refractivity contribution in [3.8, 4) is 0 Å². The Balaban J connectivity index is 1.83. The van der Waals surface area contributed by atoms with Crippen molar-refractivity contribution >= 4 is 46.5 Å². The summed E-state index contributed by atoms with van der Waals surface area (Å²) >= 11 is 11.7. The monoisotopic (exact) mass is 346 g/mol. The molecule has 0 saturated heterocycles. The number of carbonyl (C=O) groups excluding carboxylic acids is 2. The molecular weight excluding hydrogens is 335 g/mol. The summed E-state index contributed by atoms with van der Waals surface area (Å²) in [5.41, 5.74) is -0.732. The highest BCUT2D eigenvalue weighted by Crippen LogP contribution is 2.64. The number of halogens is 2. The molecule has 1 N–H and O–H groups in total. The highest BCUT2D eigenvalue weighted by molar-refractivity contribution is 6.53. The maximum absolute atomic E-state index is 11.8. The molecular formula is C13H12Cl2N2O5. The number of ether oxygens (including phenoxy) is 1. The van der Waals surface area contributed by atoms with Gasteiger partial charge in [0.05, 0.1) is 4.92 Å². The third kappa shape index (κ3) is 3.31. The molecule has 0 heterocycles. The zero-order chi connectivity index (χ0) is 16.5. The Bertz CT molecular complexity index is 632. The van der Waals surface area contributed by atoms with Crippen LogP contribution in [0.1, 0.15) is 13.3 Å². The highest BCUT2D eigenvalue weighted by Gasteiger charge is 2.69. The van der Waals surface area contributed by atoms with E-state index in [1.165, 1.54) is 24.3 Å². The van der Waals surface area contributed by atoms with Crippen LogP contribution >= 0.6 is 23.2 Å². The van der Waals surface area contributed by atoms with Crippen LogP contribution in [0.3, 0.4) is 0 Å². The minimum Gasteiger partial charge on any atom is -0.455 e. The molecule has 1 amide bonds. The summed E-state index contributed by atoms with van der Waals surface area (Å²) in [6, 6.07) is 5.26. The van der Waals surface area contributed by atoms with Crippen LogP contribution in [0.15, 0.2) is 24.3 Å². The second kappa shape index (κ2) is 5.73. The lowest BCUT2D eigenvalue weighted by atomic mass is 10.1. The fourth-order valence-corrected chi connectivity index (χ4v) is 2.46. The van der Waals surface area contributed by atoms with Crippen molar-refractivity contribution in [3.05, 3.63) is 34.4 Å². The number of nitro benzene ring substituents is 1. The van der Waals surface area contributed by atoms with Crippen LogP contribution < -0.4 is 5.32 Å². The van der Waals surface area contributed by atoms with Gasteiger partial charge in [-0.2, -0.15) is 0 Å². The minimum atomic E-state index is -1.15. The molecule has 1 fully saturated rings. The van der Waals surface area contributed by atoms with Crippen LogP contribution in [0.25, 0.3) is 0 Å². The lowest BCUT2D eigenvalue weighted by Crippen LogP contribution is -2.26. The lowest BCUT2D eigenvalue weighted by molar-refractivity contribution is -0.384. The van der Waals surface area contributed by atoms with E-state index >= 15 is 0 Å². The number of esters is 1. The zero-order valence-electron chi connectivity index (χ0n) is 11.5. The molecule has 1 aliphatic rings. The number of carbonyl (C=O) groups is 2. The quantitative estimate of drug-likeness (QED) is 0.382. The number of amides is 1. The van der Waals surface area contributed by atoms with Crippen molar-refractivity contribution in [2.45, 2.75) is 17.7 Å². The standard InChI is InChI=1S/C13H12Cl2N2O5/c1-12(7-13(12,14)15)11(19)22-6-10(18)16-8-2-4-9(5-3-8)17(20)21/h2-5H,6-7H2,1H3,(H,16,18)/t12-/m1/s1. The molecule has 0 spiro atoms. The van der Waals surface area contributed by atoms with E-state index in [9.17, 15) is 19.7 Å². The number of hydrogen-bond donors (Lipinski definition) is 1. The van der Waals surface area contributed by atoms with Crippen LogP contribution in [-0.4, -0.2) is 27.7 Å². The second-order valence-corrected chi connectivity index (χ2v) is 6.63. The summed E-state index contributed by atoms with van der Waals surface area (Å²) in [7, 11) is 0. The predicted octanol–water partition coefficient (Wildman–Crippen LogP) is 2.66. The van der Waals surface area contributed by atoms with Gasteiger partial charge in [0.1, 0.15) is 9.75 Å². The molecule has 0 aromatic heterocycles.